The first-order chi connectivity index (χ1) is 11.2. The van der Waals surface area contributed by atoms with Gasteiger partial charge in [0.2, 0.25) is 0 Å². The standard InChI is InChI=1S/C18H25FN2O2/c1-14(13-22)8-10-20-15-6-7-18(17(19)12-15)21-9-2-4-16-5-3-11-23-16/h6-7,12,16,20-21H,2-5,8-11H2,1H3. The lowest BCUT2D eigenvalue weighted by Gasteiger charge is -2.12. The van der Waals surface area contributed by atoms with E-state index in [1.54, 1.807) is 13.0 Å². The lowest BCUT2D eigenvalue weighted by molar-refractivity contribution is 0.103. The van der Waals surface area contributed by atoms with Gasteiger partial charge >= 0.3 is 0 Å². The summed E-state index contributed by atoms with van der Waals surface area (Å²) in [6.07, 6.45) is 5.29. The third-order valence-electron chi connectivity index (χ3n) is 4.01. The molecular formula is C18H25FN2O2. The Morgan fingerprint density at radius 1 is 1.39 bits per heavy atom. The highest BCUT2D eigenvalue weighted by Crippen LogP contribution is 2.20. The Kier molecular flexibility index (Phi) is 7.11. The van der Waals surface area contributed by atoms with Gasteiger partial charge in [0.05, 0.1) is 11.8 Å². The first-order valence-electron chi connectivity index (χ1n) is 8.28. The van der Waals surface area contributed by atoms with Crippen LogP contribution < -0.4 is 10.6 Å². The molecule has 23 heavy (non-hydrogen) atoms. The van der Waals surface area contributed by atoms with E-state index in [1.165, 1.54) is 6.07 Å². The van der Waals surface area contributed by atoms with Crippen molar-refractivity contribution in [2.75, 3.05) is 30.3 Å². The molecule has 1 aromatic rings. The van der Waals surface area contributed by atoms with Gasteiger partial charge in [-0.15, -0.1) is 0 Å². The molecule has 1 heterocycles. The SMILES string of the molecule is CC(=C=O)CCNc1ccc(NCCCC2CCCO2)c(F)c1. The number of hydrogen-bond donors (Lipinski definition) is 2. The molecule has 2 N–H and O–H groups in total. The lowest BCUT2D eigenvalue weighted by Crippen LogP contribution is -2.10. The second kappa shape index (κ2) is 9.33. The van der Waals surface area contributed by atoms with Crippen LogP contribution in [0.15, 0.2) is 23.8 Å². The van der Waals surface area contributed by atoms with E-state index < -0.39 is 0 Å². The largest absolute Gasteiger partial charge is 0.385 e. The Morgan fingerprint density at radius 2 is 2.26 bits per heavy atom. The number of hydrogen-bond acceptors (Lipinski definition) is 4. The first-order valence-corrected chi connectivity index (χ1v) is 8.28. The molecule has 1 aliphatic rings. The fourth-order valence-electron chi connectivity index (χ4n) is 2.64. The summed E-state index contributed by atoms with van der Waals surface area (Å²) in [6.45, 7) is 3.95. The summed E-state index contributed by atoms with van der Waals surface area (Å²) in [5.41, 5.74) is 1.89. The first kappa shape index (κ1) is 17.5. The van der Waals surface area contributed by atoms with Crippen molar-refractivity contribution in [3.05, 3.63) is 29.6 Å². The van der Waals surface area contributed by atoms with E-state index in [2.05, 4.69) is 10.6 Å². The topological polar surface area (TPSA) is 50.4 Å². The van der Waals surface area contributed by atoms with Gasteiger partial charge in [0.25, 0.3) is 0 Å². The van der Waals surface area contributed by atoms with Crippen molar-refractivity contribution < 1.29 is 13.9 Å². The summed E-state index contributed by atoms with van der Waals surface area (Å²) >= 11 is 0. The molecule has 1 saturated heterocycles. The van der Waals surface area contributed by atoms with E-state index in [0.29, 0.717) is 36.0 Å². The van der Waals surface area contributed by atoms with Gasteiger partial charge < -0.3 is 15.4 Å². The minimum atomic E-state index is -0.269. The molecule has 0 saturated carbocycles. The van der Waals surface area contributed by atoms with Gasteiger partial charge in [-0.25, -0.2) is 9.18 Å². The van der Waals surface area contributed by atoms with Gasteiger partial charge in [0.1, 0.15) is 11.8 Å². The minimum Gasteiger partial charge on any atom is -0.385 e. The zero-order chi connectivity index (χ0) is 16.5. The van der Waals surface area contributed by atoms with Gasteiger partial charge in [0.15, 0.2) is 0 Å². The van der Waals surface area contributed by atoms with Crippen molar-refractivity contribution >= 4 is 17.3 Å². The smallest absolute Gasteiger partial charge is 0.148 e. The monoisotopic (exact) mass is 320 g/mol. The van der Waals surface area contributed by atoms with E-state index in [-0.39, 0.29) is 5.82 Å². The number of benzene rings is 1. The number of nitrogens with one attached hydrogen (secondary N) is 2. The van der Waals surface area contributed by atoms with Crippen LogP contribution in [-0.2, 0) is 9.53 Å². The third kappa shape index (κ3) is 6.05. The van der Waals surface area contributed by atoms with Crippen molar-refractivity contribution in [3.63, 3.8) is 0 Å². The second-order valence-corrected chi connectivity index (χ2v) is 5.96. The van der Waals surface area contributed by atoms with Crippen molar-refractivity contribution in [1.82, 2.24) is 0 Å². The Balaban J connectivity index is 1.71. The van der Waals surface area contributed by atoms with E-state index in [0.717, 1.165) is 38.8 Å². The van der Waals surface area contributed by atoms with E-state index >= 15 is 0 Å². The molecule has 1 fully saturated rings. The number of halogens is 1. The van der Waals surface area contributed by atoms with Crippen LogP contribution in [0.2, 0.25) is 0 Å². The Bertz CT molecular complexity index is 550. The number of anilines is 2. The molecule has 126 valence electrons. The number of ether oxygens (including phenoxy) is 1. The van der Waals surface area contributed by atoms with Crippen LogP contribution in [0.5, 0.6) is 0 Å². The van der Waals surface area contributed by atoms with Gasteiger partial charge in [-0.05, 0) is 57.2 Å². The van der Waals surface area contributed by atoms with Crippen LogP contribution in [-0.4, -0.2) is 31.7 Å². The minimum absolute atomic E-state index is 0.269. The fraction of sp³-hybridized carbons (Fsp3) is 0.556. The van der Waals surface area contributed by atoms with Crippen LogP contribution in [0.1, 0.15) is 39.0 Å². The molecule has 0 radical (unpaired) electrons. The molecule has 0 bridgehead atoms. The molecule has 5 heteroatoms. The molecule has 1 unspecified atom stereocenters. The summed E-state index contributed by atoms with van der Waals surface area (Å²) in [5.74, 6) is 1.59. The number of rotatable bonds is 9. The highest BCUT2D eigenvalue weighted by atomic mass is 19.1. The summed E-state index contributed by atoms with van der Waals surface area (Å²) in [4.78, 5) is 10.4. The van der Waals surface area contributed by atoms with Crippen LogP contribution in [0.25, 0.3) is 0 Å². The lowest BCUT2D eigenvalue weighted by atomic mass is 10.1. The molecule has 2 rings (SSSR count). The molecule has 0 spiro atoms. The molecule has 1 aromatic carbocycles. The van der Waals surface area contributed by atoms with E-state index in [1.807, 2.05) is 12.0 Å². The van der Waals surface area contributed by atoms with Crippen LogP contribution in [0.3, 0.4) is 0 Å². The van der Waals surface area contributed by atoms with Gasteiger partial charge in [-0.3, -0.25) is 0 Å². The maximum absolute atomic E-state index is 14.0. The molecule has 1 atom stereocenters. The van der Waals surface area contributed by atoms with Crippen molar-refractivity contribution in [3.8, 4) is 0 Å². The third-order valence-corrected chi connectivity index (χ3v) is 4.01. The second-order valence-electron chi connectivity index (χ2n) is 5.96. The maximum atomic E-state index is 14.0. The quantitative estimate of drug-likeness (QED) is 0.537. The molecule has 0 aromatic heterocycles. The summed E-state index contributed by atoms with van der Waals surface area (Å²) in [5, 5.41) is 6.23. The highest BCUT2D eigenvalue weighted by molar-refractivity contribution is 5.55. The molecule has 0 aliphatic carbocycles. The van der Waals surface area contributed by atoms with Crippen LogP contribution >= 0.6 is 0 Å². The zero-order valence-corrected chi connectivity index (χ0v) is 13.7. The molecule has 1 aliphatic heterocycles. The fourth-order valence-corrected chi connectivity index (χ4v) is 2.64. The summed E-state index contributed by atoms with van der Waals surface area (Å²) in [6, 6.07) is 5.06. The molecule has 4 nitrogen and oxygen atoms in total. The van der Waals surface area contributed by atoms with Crippen LogP contribution in [0.4, 0.5) is 15.8 Å². The normalized spacial score (nSPS) is 16.9. The predicted octanol–water partition coefficient (Wildman–Crippen LogP) is 3.78. The van der Waals surface area contributed by atoms with E-state index in [4.69, 9.17) is 4.74 Å². The maximum Gasteiger partial charge on any atom is 0.148 e. The summed E-state index contributed by atoms with van der Waals surface area (Å²) in [7, 11) is 0. The average Bonchev–Trinajstić information content (AvgIpc) is 3.06. The van der Waals surface area contributed by atoms with Crippen molar-refractivity contribution in [2.24, 2.45) is 0 Å². The predicted molar refractivity (Wildman–Crippen MR) is 91.1 cm³/mol. The van der Waals surface area contributed by atoms with Gasteiger partial charge in [0, 0.05) is 31.0 Å². The van der Waals surface area contributed by atoms with Gasteiger partial charge in [-0.1, -0.05) is 0 Å². The van der Waals surface area contributed by atoms with Gasteiger partial charge in [-0.2, -0.15) is 0 Å². The molecular weight excluding hydrogens is 295 g/mol. The number of carbonyl (C=O) groups excluding carboxylic acids is 1. The highest BCUT2D eigenvalue weighted by Gasteiger charge is 2.14. The van der Waals surface area contributed by atoms with Crippen molar-refractivity contribution in [2.45, 2.75) is 45.1 Å². The van der Waals surface area contributed by atoms with Crippen molar-refractivity contribution in [1.29, 1.82) is 0 Å². The zero-order valence-electron chi connectivity index (χ0n) is 13.7. The Labute approximate surface area is 137 Å². The Hall–Kier alpha value is -1.84. The molecule has 0 amide bonds. The average molecular weight is 320 g/mol. The van der Waals surface area contributed by atoms with Crippen LogP contribution in [0, 0.1) is 5.82 Å². The summed E-state index contributed by atoms with van der Waals surface area (Å²) < 4.78 is 19.6. The van der Waals surface area contributed by atoms with E-state index in [9.17, 15) is 9.18 Å². The Morgan fingerprint density at radius 3 is 2.96 bits per heavy atom.